The molecule has 2 aromatic rings. The maximum atomic E-state index is 5.88. The van der Waals surface area contributed by atoms with Crippen molar-refractivity contribution < 1.29 is 4.52 Å². The first-order valence-corrected chi connectivity index (χ1v) is 7.08. The van der Waals surface area contributed by atoms with Crippen LogP contribution in [0.2, 0.25) is 0 Å². The molecule has 0 spiro atoms. The summed E-state index contributed by atoms with van der Waals surface area (Å²) >= 11 is 1.63. The van der Waals surface area contributed by atoms with Gasteiger partial charge in [-0.15, -0.1) is 0 Å². The fourth-order valence-corrected chi connectivity index (χ4v) is 2.76. The predicted molar refractivity (Wildman–Crippen MR) is 70.1 cm³/mol. The number of nitrogens with zero attached hydrogens (tertiary/aromatic N) is 3. The van der Waals surface area contributed by atoms with Gasteiger partial charge in [-0.2, -0.15) is 16.3 Å². The Labute approximate surface area is 110 Å². The van der Waals surface area contributed by atoms with Gasteiger partial charge in [-0.3, -0.25) is 4.90 Å². The number of aromatic nitrogens is 2. The molecule has 0 saturated carbocycles. The van der Waals surface area contributed by atoms with Gasteiger partial charge in [0.15, 0.2) is 5.82 Å². The highest BCUT2D eigenvalue weighted by molar-refractivity contribution is 7.08. The van der Waals surface area contributed by atoms with Crippen molar-refractivity contribution in [3.63, 3.8) is 0 Å². The van der Waals surface area contributed by atoms with Gasteiger partial charge in [-0.1, -0.05) is 5.16 Å². The highest BCUT2D eigenvalue weighted by Crippen LogP contribution is 2.20. The van der Waals surface area contributed by atoms with E-state index in [-0.39, 0.29) is 0 Å². The second-order valence-corrected chi connectivity index (χ2v) is 5.42. The molecule has 3 heterocycles. The maximum absolute atomic E-state index is 5.88. The molecule has 0 amide bonds. The van der Waals surface area contributed by atoms with Gasteiger partial charge in [-0.05, 0) is 24.3 Å². The molecule has 1 saturated heterocycles. The molecule has 1 fully saturated rings. The van der Waals surface area contributed by atoms with Gasteiger partial charge in [0, 0.05) is 24.5 Å². The third kappa shape index (κ3) is 2.60. The van der Waals surface area contributed by atoms with Crippen LogP contribution < -0.4 is 5.73 Å². The summed E-state index contributed by atoms with van der Waals surface area (Å²) in [7, 11) is 0. The second-order valence-electron chi connectivity index (χ2n) is 4.64. The molecule has 0 unspecified atom stereocenters. The summed E-state index contributed by atoms with van der Waals surface area (Å²) in [6.45, 7) is 2.79. The molecule has 1 aliphatic rings. The van der Waals surface area contributed by atoms with Gasteiger partial charge in [0.05, 0.1) is 12.1 Å². The number of rotatable bonds is 3. The summed E-state index contributed by atoms with van der Waals surface area (Å²) in [5, 5.41) is 8.05. The Balaban J connectivity index is 1.64. The quantitative estimate of drug-likeness (QED) is 0.914. The molecule has 0 bridgehead atoms. The van der Waals surface area contributed by atoms with E-state index in [2.05, 4.69) is 15.0 Å². The van der Waals surface area contributed by atoms with Gasteiger partial charge in [0.1, 0.15) is 0 Å². The Bertz CT molecular complexity index is 488. The van der Waals surface area contributed by atoms with Crippen LogP contribution in [0.3, 0.4) is 0 Å². The summed E-state index contributed by atoms with van der Waals surface area (Å²) in [6, 6.07) is 2.34. The second kappa shape index (κ2) is 5.17. The van der Waals surface area contributed by atoms with Crippen LogP contribution in [0.4, 0.5) is 0 Å². The molecule has 0 radical (unpaired) electrons. The van der Waals surface area contributed by atoms with Crippen LogP contribution in [0.1, 0.15) is 18.7 Å². The van der Waals surface area contributed by atoms with Gasteiger partial charge >= 0.3 is 0 Å². The van der Waals surface area contributed by atoms with Crippen LogP contribution in [-0.4, -0.2) is 34.2 Å². The van der Waals surface area contributed by atoms with Gasteiger partial charge in [0.2, 0.25) is 0 Å². The largest absolute Gasteiger partial charge is 0.334 e. The molecule has 5 nitrogen and oxygen atoms in total. The van der Waals surface area contributed by atoms with Crippen molar-refractivity contribution in [1.29, 1.82) is 0 Å². The highest BCUT2D eigenvalue weighted by atomic mass is 32.1. The fraction of sp³-hybridized carbons (Fsp3) is 0.500. The number of nitrogens with two attached hydrogens (primary N) is 1. The van der Waals surface area contributed by atoms with E-state index < -0.39 is 0 Å². The predicted octanol–water partition coefficient (Wildman–Crippen LogP) is 1.72. The molecular weight excluding hydrogens is 248 g/mol. The van der Waals surface area contributed by atoms with Gasteiger partial charge in [0.25, 0.3) is 5.89 Å². The Kier molecular flexibility index (Phi) is 3.40. The van der Waals surface area contributed by atoms with Crippen molar-refractivity contribution in [2.45, 2.75) is 25.4 Å². The van der Waals surface area contributed by atoms with Crippen LogP contribution in [0.15, 0.2) is 21.3 Å². The smallest absolute Gasteiger partial charge is 0.258 e. The first-order chi connectivity index (χ1) is 8.81. The summed E-state index contributed by atoms with van der Waals surface area (Å²) in [4.78, 5) is 6.75. The zero-order valence-electron chi connectivity index (χ0n) is 10.1. The third-order valence-electron chi connectivity index (χ3n) is 3.23. The minimum atomic E-state index is 0.355. The van der Waals surface area contributed by atoms with E-state index in [9.17, 15) is 0 Å². The van der Waals surface area contributed by atoms with Crippen LogP contribution in [0, 0.1) is 0 Å². The summed E-state index contributed by atoms with van der Waals surface area (Å²) in [5.74, 6) is 1.37. The molecule has 1 aliphatic heterocycles. The van der Waals surface area contributed by atoms with E-state index in [1.165, 1.54) is 0 Å². The minimum absolute atomic E-state index is 0.355. The summed E-state index contributed by atoms with van der Waals surface area (Å²) in [6.07, 6.45) is 2.10. The Morgan fingerprint density at radius 2 is 2.28 bits per heavy atom. The third-order valence-corrected chi connectivity index (χ3v) is 3.92. The van der Waals surface area contributed by atoms with E-state index in [4.69, 9.17) is 10.3 Å². The van der Waals surface area contributed by atoms with Crippen molar-refractivity contribution in [2.75, 3.05) is 13.1 Å². The fourth-order valence-electron chi connectivity index (χ4n) is 2.13. The van der Waals surface area contributed by atoms with Crippen molar-refractivity contribution in [3.05, 3.63) is 22.7 Å². The lowest BCUT2D eigenvalue weighted by molar-refractivity contribution is 0.199. The van der Waals surface area contributed by atoms with E-state index in [0.29, 0.717) is 11.9 Å². The molecule has 6 heteroatoms. The Morgan fingerprint density at radius 3 is 3.00 bits per heavy atom. The Hall–Kier alpha value is -1.24. The number of piperidine rings is 1. The van der Waals surface area contributed by atoms with E-state index in [1.54, 1.807) is 11.3 Å². The lowest BCUT2D eigenvalue weighted by Gasteiger charge is -2.28. The van der Waals surface area contributed by atoms with Crippen LogP contribution >= 0.6 is 11.3 Å². The first kappa shape index (κ1) is 11.8. The average molecular weight is 264 g/mol. The Morgan fingerprint density at radius 1 is 1.44 bits per heavy atom. The molecule has 3 rings (SSSR count). The van der Waals surface area contributed by atoms with Gasteiger partial charge < -0.3 is 10.3 Å². The molecule has 96 valence electrons. The van der Waals surface area contributed by atoms with E-state index >= 15 is 0 Å². The maximum Gasteiger partial charge on any atom is 0.258 e. The molecule has 0 aromatic carbocycles. The monoisotopic (exact) mass is 264 g/mol. The summed E-state index contributed by atoms with van der Waals surface area (Å²) in [5.41, 5.74) is 6.88. The topological polar surface area (TPSA) is 68.2 Å². The number of hydrogen-bond acceptors (Lipinski definition) is 6. The standard InChI is InChI=1S/C12H16N4OS/c13-10-1-4-16(5-2-10)7-11-14-12(17-15-11)9-3-6-18-8-9/h3,6,8,10H,1-2,4-5,7,13H2. The number of likely N-dealkylation sites (tertiary alicyclic amines) is 1. The molecular formula is C12H16N4OS. The zero-order valence-corrected chi connectivity index (χ0v) is 10.9. The van der Waals surface area contributed by atoms with Crippen LogP contribution in [0.5, 0.6) is 0 Å². The van der Waals surface area contributed by atoms with Gasteiger partial charge in [-0.25, -0.2) is 0 Å². The van der Waals surface area contributed by atoms with E-state index in [0.717, 1.165) is 43.9 Å². The van der Waals surface area contributed by atoms with Crippen molar-refractivity contribution in [3.8, 4) is 11.5 Å². The van der Waals surface area contributed by atoms with Crippen molar-refractivity contribution >= 4 is 11.3 Å². The van der Waals surface area contributed by atoms with Crippen LogP contribution in [-0.2, 0) is 6.54 Å². The molecule has 18 heavy (non-hydrogen) atoms. The van der Waals surface area contributed by atoms with Crippen molar-refractivity contribution in [1.82, 2.24) is 15.0 Å². The normalized spacial score (nSPS) is 18.3. The molecule has 0 atom stereocenters. The SMILES string of the molecule is NC1CCN(Cc2noc(-c3ccsc3)n2)CC1. The lowest BCUT2D eigenvalue weighted by Crippen LogP contribution is -2.39. The van der Waals surface area contributed by atoms with E-state index in [1.807, 2.05) is 16.8 Å². The zero-order chi connectivity index (χ0) is 12.4. The lowest BCUT2D eigenvalue weighted by atomic mass is 10.1. The summed E-state index contributed by atoms with van der Waals surface area (Å²) < 4.78 is 5.27. The molecule has 2 aromatic heterocycles. The number of hydrogen-bond donors (Lipinski definition) is 1. The highest BCUT2D eigenvalue weighted by Gasteiger charge is 2.18. The number of thiophene rings is 1. The molecule has 2 N–H and O–H groups in total. The van der Waals surface area contributed by atoms with Crippen LogP contribution in [0.25, 0.3) is 11.5 Å². The van der Waals surface area contributed by atoms with Crippen molar-refractivity contribution in [2.24, 2.45) is 5.73 Å². The first-order valence-electron chi connectivity index (χ1n) is 6.14. The average Bonchev–Trinajstić information content (AvgIpc) is 3.02. The molecule has 0 aliphatic carbocycles. The minimum Gasteiger partial charge on any atom is -0.334 e.